The average molecular weight is 396 g/mol. The molecule has 0 bridgehead atoms. The Hall–Kier alpha value is -2.33. The number of carbonyl (C=O) groups is 1. The maximum Gasteiger partial charge on any atom is 0.534 e. The topological polar surface area (TPSA) is 82.6 Å². The van der Waals surface area contributed by atoms with Crippen LogP contribution in [-0.4, -0.2) is 32.3 Å². The monoisotopic (exact) mass is 395 g/mol. The molecule has 0 aliphatic carbocycles. The highest BCUT2D eigenvalue weighted by Crippen LogP contribution is 2.37. The van der Waals surface area contributed by atoms with Crippen LogP contribution in [0.1, 0.15) is 10.4 Å². The number of hydrogen-bond donors (Lipinski definition) is 0. The summed E-state index contributed by atoms with van der Waals surface area (Å²) in [7, 11) is -4.60. The molecule has 0 spiro atoms. The fraction of sp³-hybridized carbons (Fsp3) is 0.143. The van der Waals surface area contributed by atoms with E-state index in [4.69, 9.17) is 16.3 Å². The standard InChI is InChI=1S/C14H9ClF3NO5S/c1-23-13-8(7-20)5-6-10(19-13)9-3-2-4-11(12(9)15)24-25(21,22)14(16,17)18/h2-7H,1H3. The molecular formula is C14H9ClF3NO5S. The molecule has 1 aromatic heterocycles. The highest BCUT2D eigenvalue weighted by molar-refractivity contribution is 7.88. The fourth-order valence-electron chi connectivity index (χ4n) is 1.79. The lowest BCUT2D eigenvalue weighted by atomic mass is 10.1. The molecule has 1 heterocycles. The molecule has 2 rings (SSSR count). The van der Waals surface area contributed by atoms with Gasteiger partial charge in [-0.2, -0.15) is 21.6 Å². The van der Waals surface area contributed by atoms with Gasteiger partial charge in [0.15, 0.2) is 12.0 Å². The zero-order valence-corrected chi connectivity index (χ0v) is 13.9. The van der Waals surface area contributed by atoms with Crippen LogP contribution in [0.3, 0.4) is 0 Å². The number of aromatic nitrogens is 1. The van der Waals surface area contributed by atoms with Gasteiger partial charge in [0.25, 0.3) is 0 Å². The summed E-state index contributed by atoms with van der Waals surface area (Å²) in [5, 5.41) is -0.399. The average Bonchev–Trinajstić information content (AvgIpc) is 2.55. The summed E-state index contributed by atoms with van der Waals surface area (Å²) < 4.78 is 68.6. The summed E-state index contributed by atoms with van der Waals surface area (Å²) in [6, 6.07) is 6.33. The Morgan fingerprint density at radius 1 is 1.20 bits per heavy atom. The second-order valence-corrected chi connectivity index (χ2v) is 6.43. The Kier molecular flexibility index (Phi) is 5.23. The van der Waals surface area contributed by atoms with Gasteiger partial charge in [-0.1, -0.05) is 23.7 Å². The summed E-state index contributed by atoms with van der Waals surface area (Å²) in [4.78, 5) is 14.9. The fourth-order valence-corrected chi connectivity index (χ4v) is 2.57. The van der Waals surface area contributed by atoms with Gasteiger partial charge in [-0.15, -0.1) is 0 Å². The molecule has 0 N–H and O–H groups in total. The van der Waals surface area contributed by atoms with E-state index < -0.39 is 26.4 Å². The van der Waals surface area contributed by atoms with E-state index in [-0.39, 0.29) is 22.7 Å². The molecule has 1 aromatic carbocycles. The molecule has 134 valence electrons. The number of halogens is 4. The van der Waals surface area contributed by atoms with Crippen molar-refractivity contribution in [1.82, 2.24) is 4.98 Å². The Morgan fingerprint density at radius 2 is 1.88 bits per heavy atom. The third-order valence-corrected chi connectivity index (χ3v) is 4.29. The molecule has 0 atom stereocenters. The summed E-state index contributed by atoms with van der Waals surface area (Å²) >= 11 is 5.96. The van der Waals surface area contributed by atoms with E-state index in [1.165, 1.54) is 31.4 Å². The van der Waals surface area contributed by atoms with Crippen LogP contribution in [0.5, 0.6) is 11.6 Å². The predicted molar refractivity (Wildman–Crippen MR) is 82.2 cm³/mol. The van der Waals surface area contributed by atoms with Gasteiger partial charge in [0, 0.05) is 5.56 Å². The number of aldehydes is 1. The molecule has 2 aromatic rings. The first-order valence-electron chi connectivity index (χ1n) is 6.40. The van der Waals surface area contributed by atoms with Gasteiger partial charge in [-0.3, -0.25) is 4.79 Å². The Labute approximate surface area is 145 Å². The first kappa shape index (κ1) is 19.0. The van der Waals surface area contributed by atoms with Crippen LogP contribution < -0.4 is 8.92 Å². The number of methoxy groups -OCH3 is 1. The van der Waals surface area contributed by atoms with E-state index in [0.717, 1.165) is 6.07 Å². The number of rotatable bonds is 5. The lowest BCUT2D eigenvalue weighted by molar-refractivity contribution is -0.0500. The first-order valence-corrected chi connectivity index (χ1v) is 8.19. The third kappa shape index (κ3) is 3.85. The Morgan fingerprint density at radius 3 is 2.44 bits per heavy atom. The van der Waals surface area contributed by atoms with Crippen LogP contribution in [0, 0.1) is 0 Å². The predicted octanol–water partition coefficient (Wildman–Crippen LogP) is 3.45. The van der Waals surface area contributed by atoms with E-state index in [1.807, 2.05) is 0 Å². The van der Waals surface area contributed by atoms with E-state index >= 15 is 0 Å². The minimum atomic E-state index is -5.87. The molecule has 0 saturated carbocycles. The van der Waals surface area contributed by atoms with Gasteiger partial charge >= 0.3 is 15.6 Å². The molecule has 0 aliphatic heterocycles. The van der Waals surface area contributed by atoms with Crippen LogP contribution in [0.4, 0.5) is 13.2 Å². The minimum Gasteiger partial charge on any atom is -0.480 e. The number of benzene rings is 1. The second kappa shape index (κ2) is 6.89. The molecule has 0 amide bonds. The van der Waals surface area contributed by atoms with Crippen LogP contribution in [-0.2, 0) is 10.1 Å². The smallest absolute Gasteiger partial charge is 0.480 e. The molecule has 11 heteroatoms. The zero-order valence-electron chi connectivity index (χ0n) is 12.4. The second-order valence-electron chi connectivity index (χ2n) is 4.51. The van der Waals surface area contributed by atoms with Crippen molar-refractivity contribution in [2.75, 3.05) is 7.11 Å². The van der Waals surface area contributed by atoms with E-state index in [0.29, 0.717) is 6.29 Å². The van der Waals surface area contributed by atoms with Crippen molar-refractivity contribution in [1.29, 1.82) is 0 Å². The lowest BCUT2D eigenvalue weighted by Crippen LogP contribution is -2.28. The van der Waals surface area contributed by atoms with Crippen molar-refractivity contribution >= 4 is 28.0 Å². The number of ether oxygens (including phenoxy) is 1. The van der Waals surface area contributed by atoms with Gasteiger partial charge in [0.1, 0.15) is 0 Å². The maximum absolute atomic E-state index is 12.4. The number of carbonyl (C=O) groups excluding carboxylic acids is 1. The van der Waals surface area contributed by atoms with Crippen molar-refractivity contribution < 1.29 is 35.3 Å². The summed E-state index contributed by atoms with van der Waals surface area (Å²) in [6.45, 7) is 0. The van der Waals surface area contributed by atoms with Crippen LogP contribution in [0.15, 0.2) is 30.3 Å². The van der Waals surface area contributed by atoms with Crippen molar-refractivity contribution in [3.05, 3.63) is 40.9 Å². The molecule has 25 heavy (non-hydrogen) atoms. The van der Waals surface area contributed by atoms with Crippen LogP contribution >= 0.6 is 11.6 Å². The minimum absolute atomic E-state index is 0.0298. The van der Waals surface area contributed by atoms with Gasteiger partial charge in [-0.05, 0) is 18.2 Å². The van der Waals surface area contributed by atoms with E-state index in [1.54, 1.807) is 0 Å². The summed E-state index contributed by atoms with van der Waals surface area (Å²) in [6.07, 6.45) is 0.507. The molecule has 0 aliphatic rings. The Bertz CT molecular complexity index is 915. The van der Waals surface area contributed by atoms with Crippen molar-refractivity contribution in [2.45, 2.75) is 5.51 Å². The quantitative estimate of drug-likeness (QED) is 0.438. The molecule has 0 unspecified atom stereocenters. The van der Waals surface area contributed by atoms with Gasteiger partial charge in [-0.25, -0.2) is 4.98 Å². The number of pyridine rings is 1. The molecule has 0 saturated heterocycles. The molecular weight excluding hydrogens is 387 g/mol. The van der Waals surface area contributed by atoms with Gasteiger partial charge in [0.05, 0.1) is 23.4 Å². The molecule has 0 radical (unpaired) electrons. The number of nitrogens with zero attached hydrogens (tertiary/aromatic N) is 1. The normalized spacial score (nSPS) is 11.9. The molecule has 6 nitrogen and oxygen atoms in total. The Balaban J connectivity index is 2.51. The summed E-state index contributed by atoms with van der Waals surface area (Å²) in [5.41, 5.74) is -5.22. The summed E-state index contributed by atoms with van der Waals surface area (Å²) in [5.74, 6) is -0.741. The van der Waals surface area contributed by atoms with Crippen LogP contribution in [0.2, 0.25) is 5.02 Å². The highest BCUT2D eigenvalue weighted by Gasteiger charge is 2.48. The maximum atomic E-state index is 12.4. The zero-order chi connectivity index (χ0) is 18.8. The lowest BCUT2D eigenvalue weighted by Gasteiger charge is -2.13. The molecule has 0 fully saturated rings. The largest absolute Gasteiger partial charge is 0.534 e. The number of alkyl halides is 3. The van der Waals surface area contributed by atoms with E-state index in [9.17, 15) is 26.4 Å². The van der Waals surface area contributed by atoms with Crippen molar-refractivity contribution in [2.24, 2.45) is 0 Å². The highest BCUT2D eigenvalue weighted by atomic mass is 35.5. The van der Waals surface area contributed by atoms with E-state index in [2.05, 4.69) is 9.17 Å². The van der Waals surface area contributed by atoms with Crippen molar-refractivity contribution in [3.8, 4) is 22.9 Å². The van der Waals surface area contributed by atoms with Crippen molar-refractivity contribution in [3.63, 3.8) is 0 Å². The number of hydrogen-bond acceptors (Lipinski definition) is 6. The van der Waals surface area contributed by atoms with Gasteiger partial charge in [0.2, 0.25) is 5.88 Å². The SMILES string of the molecule is COc1nc(-c2cccc(OS(=O)(=O)C(F)(F)F)c2Cl)ccc1C=O. The van der Waals surface area contributed by atoms with Gasteiger partial charge < -0.3 is 8.92 Å². The third-order valence-electron chi connectivity index (χ3n) is 2.93. The van der Waals surface area contributed by atoms with Crippen LogP contribution in [0.25, 0.3) is 11.3 Å². The first-order chi connectivity index (χ1) is 11.6.